The van der Waals surface area contributed by atoms with E-state index in [0.29, 0.717) is 11.4 Å². The summed E-state index contributed by atoms with van der Waals surface area (Å²) >= 11 is 0. The van der Waals surface area contributed by atoms with E-state index in [1.54, 1.807) is 6.92 Å². The number of hydrogen-bond donors (Lipinski definition) is 1. The number of para-hydroxylation sites is 1. The van der Waals surface area contributed by atoms with Gasteiger partial charge in [0.05, 0.1) is 23.5 Å². The predicted molar refractivity (Wildman–Crippen MR) is 57.4 cm³/mol. The number of carbonyl (C=O) groups is 1. The third-order valence-corrected chi connectivity index (χ3v) is 2.18. The number of carboxylic acid groups (broad SMARTS) is 1. The second-order valence-corrected chi connectivity index (χ2v) is 3.43. The van der Waals surface area contributed by atoms with Crippen LogP contribution in [0, 0.1) is 6.92 Å². The number of aryl methyl sites for hydroxylation is 1. The predicted octanol–water partition coefficient (Wildman–Crippen LogP) is 1.20. The summed E-state index contributed by atoms with van der Waals surface area (Å²) in [5.41, 5.74) is 1.96. The maximum absolute atomic E-state index is 10.6. The summed E-state index contributed by atoms with van der Waals surface area (Å²) in [5.74, 6) is -0.900. The highest BCUT2D eigenvalue weighted by Gasteiger charge is 2.11. The molecule has 1 N–H and O–H groups in total. The van der Waals surface area contributed by atoms with Gasteiger partial charge in [-0.3, -0.25) is 4.79 Å². The first-order valence-corrected chi connectivity index (χ1v) is 4.87. The Morgan fingerprint density at radius 3 is 2.62 bits per heavy atom. The van der Waals surface area contributed by atoms with Crippen molar-refractivity contribution in [2.45, 2.75) is 13.3 Å². The van der Waals surface area contributed by atoms with E-state index in [4.69, 9.17) is 5.11 Å². The molecular weight excluding hydrogens is 206 g/mol. The molecule has 2 rings (SSSR count). The summed E-state index contributed by atoms with van der Waals surface area (Å²) in [6.45, 7) is 1.75. The van der Waals surface area contributed by atoms with Gasteiger partial charge in [0, 0.05) is 0 Å². The second kappa shape index (κ2) is 4.14. The highest BCUT2D eigenvalue weighted by Crippen LogP contribution is 2.08. The van der Waals surface area contributed by atoms with Gasteiger partial charge in [0.25, 0.3) is 0 Å². The SMILES string of the molecule is Cc1nn(-c2ccccc2)nc1CC(=O)O. The van der Waals surface area contributed by atoms with Crippen LogP contribution in [0.4, 0.5) is 0 Å². The van der Waals surface area contributed by atoms with Gasteiger partial charge in [-0.05, 0) is 19.1 Å². The van der Waals surface area contributed by atoms with Gasteiger partial charge in [0.2, 0.25) is 0 Å². The second-order valence-electron chi connectivity index (χ2n) is 3.43. The molecule has 0 bridgehead atoms. The molecule has 0 aliphatic heterocycles. The van der Waals surface area contributed by atoms with E-state index in [-0.39, 0.29) is 6.42 Å². The van der Waals surface area contributed by atoms with Gasteiger partial charge in [-0.25, -0.2) is 0 Å². The van der Waals surface area contributed by atoms with Crippen LogP contribution in [-0.4, -0.2) is 26.1 Å². The van der Waals surface area contributed by atoms with Crippen molar-refractivity contribution in [1.29, 1.82) is 0 Å². The van der Waals surface area contributed by atoms with E-state index in [1.807, 2.05) is 30.3 Å². The number of carboxylic acids is 1. The molecule has 2 aromatic rings. The molecule has 0 saturated heterocycles. The summed E-state index contributed by atoms with van der Waals surface area (Å²) < 4.78 is 0. The molecule has 82 valence electrons. The van der Waals surface area contributed by atoms with Crippen LogP contribution >= 0.6 is 0 Å². The standard InChI is InChI=1S/C11H11N3O2/c1-8-10(7-11(15)16)13-14(12-8)9-5-3-2-4-6-9/h2-6H,7H2,1H3,(H,15,16). The zero-order valence-electron chi connectivity index (χ0n) is 8.79. The van der Waals surface area contributed by atoms with Crippen LogP contribution in [0.3, 0.4) is 0 Å². The maximum Gasteiger partial charge on any atom is 0.309 e. The zero-order chi connectivity index (χ0) is 11.5. The van der Waals surface area contributed by atoms with Gasteiger partial charge in [-0.2, -0.15) is 15.0 Å². The number of nitrogens with zero attached hydrogens (tertiary/aromatic N) is 3. The van der Waals surface area contributed by atoms with Crippen LogP contribution in [0.5, 0.6) is 0 Å². The number of aliphatic carboxylic acids is 1. The normalized spacial score (nSPS) is 10.3. The number of rotatable bonds is 3. The molecule has 16 heavy (non-hydrogen) atoms. The molecule has 0 unspecified atom stereocenters. The van der Waals surface area contributed by atoms with E-state index in [2.05, 4.69) is 10.2 Å². The fraction of sp³-hybridized carbons (Fsp3) is 0.182. The van der Waals surface area contributed by atoms with E-state index < -0.39 is 5.97 Å². The van der Waals surface area contributed by atoms with Gasteiger partial charge in [0.15, 0.2) is 0 Å². The smallest absolute Gasteiger partial charge is 0.309 e. The average Bonchev–Trinajstić information content (AvgIpc) is 2.61. The van der Waals surface area contributed by atoms with Gasteiger partial charge in [0.1, 0.15) is 0 Å². The quantitative estimate of drug-likeness (QED) is 0.838. The Kier molecular flexibility index (Phi) is 2.68. The van der Waals surface area contributed by atoms with Crippen LogP contribution in [-0.2, 0) is 11.2 Å². The molecule has 0 amide bonds. The summed E-state index contributed by atoms with van der Waals surface area (Å²) in [6.07, 6.45) is -0.0985. The van der Waals surface area contributed by atoms with Gasteiger partial charge >= 0.3 is 5.97 Å². The topological polar surface area (TPSA) is 68.0 Å². The fourth-order valence-corrected chi connectivity index (χ4v) is 1.39. The molecule has 1 aromatic carbocycles. The van der Waals surface area contributed by atoms with Crippen molar-refractivity contribution >= 4 is 5.97 Å². The highest BCUT2D eigenvalue weighted by molar-refractivity contribution is 5.69. The molecule has 0 spiro atoms. The van der Waals surface area contributed by atoms with Crippen LogP contribution in [0.25, 0.3) is 5.69 Å². The lowest BCUT2D eigenvalue weighted by Gasteiger charge is -1.96. The Balaban J connectivity index is 2.34. The van der Waals surface area contributed by atoms with E-state index in [0.717, 1.165) is 5.69 Å². The third kappa shape index (κ3) is 2.08. The largest absolute Gasteiger partial charge is 0.481 e. The molecule has 5 heteroatoms. The molecule has 1 aromatic heterocycles. The monoisotopic (exact) mass is 217 g/mol. The first-order chi connectivity index (χ1) is 7.66. The van der Waals surface area contributed by atoms with Crippen molar-refractivity contribution in [2.24, 2.45) is 0 Å². The van der Waals surface area contributed by atoms with Gasteiger partial charge in [-0.15, -0.1) is 0 Å². The Labute approximate surface area is 92.3 Å². The summed E-state index contributed by atoms with van der Waals surface area (Å²) in [5, 5.41) is 17.0. The minimum absolute atomic E-state index is 0.0985. The molecule has 0 radical (unpaired) electrons. The number of aromatic nitrogens is 3. The van der Waals surface area contributed by atoms with Crippen molar-refractivity contribution in [3.63, 3.8) is 0 Å². The lowest BCUT2D eigenvalue weighted by atomic mass is 10.3. The molecule has 1 heterocycles. The number of benzene rings is 1. The molecular formula is C11H11N3O2. The van der Waals surface area contributed by atoms with E-state index >= 15 is 0 Å². The Morgan fingerprint density at radius 1 is 1.31 bits per heavy atom. The Morgan fingerprint density at radius 2 is 2.00 bits per heavy atom. The summed E-state index contributed by atoms with van der Waals surface area (Å²) in [6, 6.07) is 9.39. The minimum atomic E-state index is -0.900. The van der Waals surface area contributed by atoms with Crippen molar-refractivity contribution < 1.29 is 9.90 Å². The Bertz CT molecular complexity index is 505. The van der Waals surface area contributed by atoms with Crippen LogP contribution in [0.1, 0.15) is 11.4 Å². The van der Waals surface area contributed by atoms with Crippen molar-refractivity contribution in [1.82, 2.24) is 15.0 Å². The lowest BCUT2D eigenvalue weighted by molar-refractivity contribution is -0.136. The lowest BCUT2D eigenvalue weighted by Crippen LogP contribution is -2.03. The van der Waals surface area contributed by atoms with Crippen LogP contribution < -0.4 is 0 Å². The Hall–Kier alpha value is -2.17. The molecule has 5 nitrogen and oxygen atoms in total. The zero-order valence-corrected chi connectivity index (χ0v) is 8.79. The van der Waals surface area contributed by atoms with Gasteiger partial charge < -0.3 is 5.11 Å². The van der Waals surface area contributed by atoms with Crippen LogP contribution in [0.15, 0.2) is 30.3 Å². The summed E-state index contributed by atoms with van der Waals surface area (Å²) in [4.78, 5) is 12.0. The van der Waals surface area contributed by atoms with E-state index in [1.165, 1.54) is 4.80 Å². The molecule has 0 atom stereocenters. The first kappa shape index (κ1) is 10.4. The first-order valence-electron chi connectivity index (χ1n) is 4.87. The molecule has 0 fully saturated rings. The van der Waals surface area contributed by atoms with E-state index in [9.17, 15) is 4.79 Å². The highest BCUT2D eigenvalue weighted by atomic mass is 16.4. The van der Waals surface area contributed by atoms with Crippen molar-refractivity contribution in [3.05, 3.63) is 41.7 Å². The number of hydrogen-bond acceptors (Lipinski definition) is 3. The van der Waals surface area contributed by atoms with Crippen molar-refractivity contribution in [3.8, 4) is 5.69 Å². The van der Waals surface area contributed by atoms with Gasteiger partial charge in [-0.1, -0.05) is 18.2 Å². The third-order valence-electron chi connectivity index (χ3n) is 2.18. The molecule has 0 aliphatic rings. The van der Waals surface area contributed by atoms with Crippen LogP contribution in [0.2, 0.25) is 0 Å². The minimum Gasteiger partial charge on any atom is -0.481 e. The maximum atomic E-state index is 10.6. The molecule has 0 saturated carbocycles. The van der Waals surface area contributed by atoms with Crippen molar-refractivity contribution in [2.75, 3.05) is 0 Å². The fourth-order valence-electron chi connectivity index (χ4n) is 1.39. The summed E-state index contributed by atoms with van der Waals surface area (Å²) in [7, 11) is 0. The molecule has 0 aliphatic carbocycles. The average molecular weight is 217 g/mol.